The highest BCUT2D eigenvalue weighted by Crippen LogP contribution is 2.28. The average molecular weight is 517 g/mol. The van der Waals surface area contributed by atoms with Gasteiger partial charge < -0.3 is 25.4 Å². The third-order valence-corrected chi connectivity index (χ3v) is 7.13. The molecule has 1 saturated heterocycles. The van der Waals surface area contributed by atoms with Crippen LogP contribution in [0.1, 0.15) is 44.9 Å². The minimum Gasteiger partial charge on any atom is -0.394 e. The van der Waals surface area contributed by atoms with E-state index in [0.717, 1.165) is 28.1 Å². The van der Waals surface area contributed by atoms with E-state index in [1.54, 1.807) is 16.2 Å². The number of likely N-dealkylation sites (tertiary alicyclic amines) is 1. The maximum Gasteiger partial charge on any atom is 0.246 e. The van der Waals surface area contributed by atoms with Crippen LogP contribution in [0.2, 0.25) is 0 Å². The van der Waals surface area contributed by atoms with Crippen LogP contribution in [0.5, 0.6) is 0 Å². The first kappa shape index (κ1) is 27.8. The van der Waals surface area contributed by atoms with Crippen molar-refractivity contribution in [2.24, 2.45) is 5.41 Å². The Balaban J connectivity index is 1.61. The molecule has 10 heteroatoms. The van der Waals surface area contributed by atoms with E-state index < -0.39 is 23.4 Å². The van der Waals surface area contributed by atoms with E-state index in [1.807, 2.05) is 57.5 Å². The molecular formula is C26H36N4O5S. The minimum absolute atomic E-state index is 0.0452. The van der Waals surface area contributed by atoms with Gasteiger partial charge in [-0.1, -0.05) is 45.0 Å². The molecule has 0 aliphatic carbocycles. The Morgan fingerprint density at radius 1 is 1.25 bits per heavy atom. The summed E-state index contributed by atoms with van der Waals surface area (Å²) >= 11 is 1.60. The lowest BCUT2D eigenvalue weighted by Gasteiger charge is -2.35. The van der Waals surface area contributed by atoms with Gasteiger partial charge in [0.15, 0.2) is 0 Å². The zero-order valence-electron chi connectivity index (χ0n) is 21.4. The summed E-state index contributed by atoms with van der Waals surface area (Å²) in [7, 11) is 0. The SMILES string of the molecule is Cc1ncsc1-c1ccc(CNC(=O)[C@@H]2CCCN2C(=O)[C@@H](NC(=O)COCCO)C(C)(C)C)cc1. The Morgan fingerprint density at radius 2 is 1.97 bits per heavy atom. The van der Waals surface area contributed by atoms with Crippen molar-refractivity contribution in [2.45, 2.75) is 59.2 Å². The number of aliphatic hydroxyl groups is 1. The Kier molecular flexibility index (Phi) is 9.58. The van der Waals surface area contributed by atoms with Crippen molar-refractivity contribution in [1.29, 1.82) is 0 Å². The number of aliphatic hydroxyl groups excluding tert-OH is 1. The molecule has 1 aliphatic rings. The molecule has 0 radical (unpaired) electrons. The number of aromatic nitrogens is 1. The van der Waals surface area contributed by atoms with Gasteiger partial charge in [0.2, 0.25) is 17.7 Å². The van der Waals surface area contributed by atoms with Crippen LogP contribution in [0.25, 0.3) is 10.4 Å². The number of hydrogen-bond donors (Lipinski definition) is 3. The van der Waals surface area contributed by atoms with E-state index in [2.05, 4.69) is 15.6 Å². The molecule has 9 nitrogen and oxygen atoms in total. The van der Waals surface area contributed by atoms with Crippen LogP contribution in [0.3, 0.4) is 0 Å². The molecule has 0 unspecified atom stereocenters. The van der Waals surface area contributed by atoms with Crippen LogP contribution >= 0.6 is 11.3 Å². The lowest BCUT2D eigenvalue weighted by molar-refractivity contribution is -0.144. The van der Waals surface area contributed by atoms with Crippen molar-refractivity contribution in [3.05, 3.63) is 41.0 Å². The van der Waals surface area contributed by atoms with E-state index in [9.17, 15) is 14.4 Å². The van der Waals surface area contributed by atoms with Crippen LogP contribution in [0.4, 0.5) is 0 Å². The summed E-state index contributed by atoms with van der Waals surface area (Å²) in [5.41, 5.74) is 4.32. The summed E-state index contributed by atoms with van der Waals surface area (Å²) in [6, 6.07) is 6.62. The molecule has 3 N–H and O–H groups in total. The number of rotatable bonds is 10. The second-order valence-electron chi connectivity index (χ2n) is 10.0. The van der Waals surface area contributed by atoms with Crippen LogP contribution in [0.15, 0.2) is 29.8 Å². The lowest BCUT2D eigenvalue weighted by Crippen LogP contribution is -2.58. The van der Waals surface area contributed by atoms with Crippen molar-refractivity contribution in [2.75, 3.05) is 26.4 Å². The third-order valence-electron chi connectivity index (χ3n) is 6.15. The van der Waals surface area contributed by atoms with Gasteiger partial charge in [0.05, 0.1) is 29.3 Å². The summed E-state index contributed by atoms with van der Waals surface area (Å²) in [6.45, 7) is 8.02. The van der Waals surface area contributed by atoms with E-state index in [4.69, 9.17) is 9.84 Å². The number of nitrogens with zero attached hydrogens (tertiary/aromatic N) is 2. The number of thiazole rings is 1. The average Bonchev–Trinajstić information content (AvgIpc) is 3.50. The fraction of sp³-hybridized carbons (Fsp3) is 0.538. The number of amides is 3. The second kappa shape index (κ2) is 12.4. The van der Waals surface area contributed by atoms with Crippen molar-refractivity contribution < 1.29 is 24.2 Å². The summed E-state index contributed by atoms with van der Waals surface area (Å²) in [5.74, 6) is -0.915. The number of hydrogen-bond acceptors (Lipinski definition) is 7. The van der Waals surface area contributed by atoms with Crippen LogP contribution in [0, 0.1) is 12.3 Å². The molecule has 0 spiro atoms. The Labute approximate surface area is 216 Å². The zero-order valence-corrected chi connectivity index (χ0v) is 22.2. The molecule has 1 aromatic carbocycles. The molecule has 1 aliphatic heterocycles. The highest BCUT2D eigenvalue weighted by molar-refractivity contribution is 7.13. The lowest BCUT2D eigenvalue weighted by atomic mass is 9.85. The third kappa shape index (κ3) is 7.11. The monoisotopic (exact) mass is 516 g/mol. The minimum atomic E-state index is -0.807. The molecule has 2 aromatic rings. The highest BCUT2D eigenvalue weighted by atomic mass is 32.1. The first-order valence-electron chi connectivity index (χ1n) is 12.2. The van der Waals surface area contributed by atoms with Crippen LogP contribution in [-0.2, 0) is 25.7 Å². The van der Waals surface area contributed by atoms with Crippen LogP contribution in [-0.4, -0.2) is 71.2 Å². The number of aryl methyl sites for hydroxylation is 1. The van der Waals surface area contributed by atoms with E-state index in [0.29, 0.717) is 19.5 Å². The van der Waals surface area contributed by atoms with Gasteiger partial charge in [-0.2, -0.15) is 0 Å². The zero-order chi connectivity index (χ0) is 26.3. The fourth-order valence-electron chi connectivity index (χ4n) is 4.21. The van der Waals surface area contributed by atoms with Crippen LogP contribution < -0.4 is 10.6 Å². The molecule has 196 valence electrons. The summed E-state index contributed by atoms with van der Waals surface area (Å²) in [4.78, 5) is 45.8. The maximum absolute atomic E-state index is 13.5. The molecule has 0 saturated carbocycles. The predicted octanol–water partition coefficient (Wildman–Crippen LogP) is 2.27. The van der Waals surface area contributed by atoms with Crippen molar-refractivity contribution in [1.82, 2.24) is 20.5 Å². The summed E-state index contributed by atoms with van der Waals surface area (Å²) in [6.07, 6.45) is 1.29. The van der Waals surface area contributed by atoms with Gasteiger partial charge in [0.1, 0.15) is 18.7 Å². The van der Waals surface area contributed by atoms with Gasteiger partial charge in [0, 0.05) is 13.1 Å². The predicted molar refractivity (Wildman–Crippen MR) is 138 cm³/mol. The molecule has 2 heterocycles. The van der Waals surface area contributed by atoms with Gasteiger partial charge in [-0.05, 0) is 36.3 Å². The number of benzene rings is 1. The second-order valence-corrected chi connectivity index (χ2v) is 10.9. The Hall–Kier alpha value is -2.82. The molecule has 0 bridgehead atoms. The first-order valence-corrected chi connectivity index (χ1v) is 13.1. The van der Waals surface area contributed by atoms with E-state index in [1.165, 1.54) is 0 Å². The normalized spacial score (nSPS) is 16.6. The largest absolute Gasteiger partial charge is 0.394 e. The van der Waals surface area contributed by atoms with Gasteiger partial charge in [-0.15, -0.1) is 11.3 Å². The number of carbonyl (C=O) groups is 3. The van der Waals surface area contributed by atoms with E-state index in [-0.39, 0.29) is 31.6 Å². The van der Waals surface area contributed by atoms with Gasteiger partial charge >= 0.3 is 0 Å². The van der Waals surface area contributed by atoms with Crippen molar-refractivity contribution >= 4 is 29.1 Å². The smallest absolute Gasteiger partial charge is 0.246 e. The van der Waals surface area contributed by atoms with Crippen molar-refractivity contribution in [3.8, 4) is 10.4 Å². The molecule has 1 fully saturated rings. The highest BCUT2D eigenvalue weighted by Gasteiger charge is 2.41. The van der Waals surface area contributed by atoms with Crippen molar-refractivity contribution in [3.63, 3.8) is 0 Å². The topological polar surface area (TPSA) is 121 Å². The number of ether oxygens (including phenoxy) is 1. The molecular weight excluding hydrogens is 480 g/mol. The molecule has 36 heavy (non-hydrogen) atoms. The summed E-state index contributed by atoms with van der Waals surface area (Å²) in [5, 5.41) is 14.6. The standard InChI is InChI=1S/C26H36N4O5S/c1-17-22(36-16-28-17)19-9-7-18(8-10-19)14-27-24(33)20-6-5-11-30(20)25(34)23(26(2,3)4)29-21(32)15-35-13-12-31/h7-10,16,20,23,31H,5-6,11-15H2,1-4H3,(H,27,33)(H,29,32)/t20-,23+/m0/s1. The molecule has 3 rings (SSSR count). The fourth-order valence-corrected chi connectivity index (χ4v) is 5.02. The molecule has 3 amide bonds. The quantitative estimate of drug-likeness (QED) is 0.417. The first-order chi connectivity index (χ1) is 17.1. The molecule has 1 aromatic heterocycles. The van der Waals surface area contributed by atoms with Gasteiger partial charge in [-0.25, -0.2) is 4.98 Å². The van der Waals surface area contributed by atoms with E-state index >= 15 is 0 Å². The molecule has 2 atom stereocenters. The number of nitrogens with one attached hydrogen (secondary N) is 2. The Bertz CT molecular complexity index is 1050. The van der Waals surface area contributed by atoms with Gasteiger partial charge in [-0.3, -0.25) is 14.4 Å². The number of carbonyl (C=O) groups excluding carboxylic acids is 3. The van der Waals surface area contributed by atoms with Gasteiger partial charge in [0.25, 0.3) is 0 Å². The summed E-state index contributed by atoms with van der Waals surface area (Å²) < 4.78 is 5.08. The Morgan fingerprint density at radius 3 is 2.58 bits per heavy atom. The maximum atomic E-state index is 13.5.